The molecule has 0 aliphatic carbocycles. The van der Waals surface area contributed by atoms with Gasteiger partial charge in [-0.1, -0.05) is 11.6 Å². The molecule has 3 aliphatic rings. The van der Waals surface area contributed by atoms with Crippen molar-refractivity contribution in [1.82, 2.24) is 15.3 Å². The van der Waals surface area contributed by atoms with Crippen LogP contribution in [0.1, 0.15) is 23.2 Å². The van der Waals surface area contributed by atoms with Gasteiger partial charge in [0, 0.05) is 41.3 Å². The molecule has 2 bridgehead atoms. The fourth-order valence-electron chi connectivity index (χ4n) is 3.65. The number of carboxylic acids is 1. The molecule has 0 spiro atoms. The Morgan fingerprint density at radius 1 is 1.27 bits per heavy atom. The molecule has 0 radical (unpaired) electrons. The number of rotatable bonds is 3. The van der Waals surface area contributed by atoms with E-state index in [4.69, 9.17) is 26.5 Å². The molecular weight excluding hydrogens is 503 g/mol. The van der Waals surface area contributed by atoms with Crippen LogP contribution in [0.4, 0.5) is 24.7 Å². The topological polar surface area (TPSA) is 107 Å². The second-order valence-corrected chi connectivity index (χ2v) is 9.42. The van der Waals surface area contributed by atoms with Gasteiger partial charge in [0.2, 0.25) is 0 Å². The van der Waals surface area contributed by atoms with Gasteiger partial charge in [-0.25, -0.2) is 14.8 Å². The maximum absolute atomic E-state index is 12.7. The van der Waals surface area contributed by atoms with E-state index in [1.165, 1.54) is 35.5 Å². The van der Waals surface area contributed by atoms with Gasteiger partial charge in [-0.15, -0.1) is 22.7 Å². The number of piperidine rings is 2. The lowest BCUT2D eigenvalue weighted by atomic mass is 9.93. The molecule has 3 fully saturated rings. The van der Waals surface area contributed by atoms with E-state index in [9.17, 15) is 18.0 Å². The van der Waals surface area contributed by atoms with Gasteiger partial charge in [0.25, 0.3) is 5.91 Å². The Balaban J connectivity index is 0.000000325. The van der Waals surface area contributed by atoms with Crippen molar-refractivity contribution in [3.63, 3.8) is 0 Å². The number of amides is 1. The van der Waals surface area contributed by atoms with Crippen LogP contribution < -0.4 is 15.5 Å². The van der Waals surface area contributed by atoms with Crippen molar-refractivity contribution in [1.29, 1.82) is 0 Å². The molecule has 176 valence electrons. The molecule has 3 aromatic heterocycles. The zero-order valence-electron chi connectivity index (χ0n) is 16.7. The summed E-state index contributed by atoms with van der Waals surface area (Å²) in [6, 6.07) is 0.968. The summed E-state index contributed by atoms with van der Waals surface area (Å²) in [4.78, 5) is 34.1. The van der Waals surface area contributed by atoms with E-state index >= 15 is 0 Å². The molecule has 6 heterocycles. The zero-order valence-corrected chi connectivity index (χ0v) is 19.1. The van der Waals surface area contributed by atoms with Gasteiger partial charge in [0.05, 0.1) is 22.5 Å². The molecule has 0 aromatic carbocycles. The lowest BCUT2D eigenvalue weighted by Crippen LogP contribution is -2.61. The van der Waals surface area contributed by atoms with E-state index in [0.717, 1.165) is 23.7 Å². The van der Waals surface area contributed by atoms with Crippen LogP contribution in [0.25, 0.3) is 10.3 Å². The predicted molar refractivity (Wildman–Crippen MR) is 121 cm³/mol. The number of anilines is 2. The van der Waals surface area contributed by atoms with E-state index < -0.39 is 12.1 Å². The second kappa shape index (κ2) is 9.41. The number of thiophene rings is 2. The summed E-state index contributed by atoms with van der Waals surface area (Å²) in [5, 5.41) is 19.5. The highest BCUT2D eigenvalue weighted by molar-refractivity contribution is 7.17. The summed E-state index contributed by atoms with van der Waals surface area (Å²) in [7, 11) is 0. The maximum Gasteiger partial charge on any atom is 0.490 e. The minimum atomic E-state index is -5.08. The van der Waals surface area contributed by atoms with E-state index in [1.807, 2.05) is 17.0 Å². The van der Waals surface area contributed by atoms with Gasteiger partial charge in [0.15, 0.2) is 0 Å². The minimum Gasteiger partial charge on any atom is -0.475 e. The van der Waals surface area contributed by atoms with Crippen molar-refractivity contribution in [2.24, 2.45) is 0 Å². The van der Waals surface area contributed by atoms with Crippen LogP contribution in [0, 0.1) is 0 Å². The monoisotopic (exact) mass is 519 g/mol. The van der Waals surface area contributed by atoms with Crippen molar-refractivity contribution < 1.29 is 27.9 Å². The smallest absolute Gasteiger partial charge is 0.475 e. The van der Waals surface area contributed by atoms with Crippen molar-refractivity contribution in [2.45, 2.75) is 31.1 Å². The molecule has 8 nitrogen and oxygen atoms in total. The molecule has 3 aromatic rings. The molecule has 33 heavy (non-hydrogen) atoms. The van der Waals surface area contributed by atoms with Gasteiger partial charge in [-0.2, -0.15) is 13.2 Å². The molecular formula is C19H17ClF3N5O3S2. The van der Waals surface area contributed by atoms with Crippen LogP contribution in [0.2, 0.25) is 5.02 Å². The van der Waals surface area contributed by atoms with Crippen LogP contribution >= 0.6 is 34.3 Å². The number of halogens is 4. The minimum absolute atomic E-state index is 0.204. The second-order valence-electron chi connectivity index (χ2n) is 7.41. The van der Waals surface area contributed by atoms with Gasteiger partial charge in [-0.05, 0) is 12.8 Å². The number of aromatic nitrogens is 2. The average Bonchev–Trinajstić information content (AvgIpc) is 3.40. The summed E-state index contributed by atoms with van der Waals surface area (Å²) in [5.41, 5.74) is 1.83. The molecule has 3 N–H and O–H groups in total. The molecule has 3 saturated heterocycles. The first-order valence-electron chi connectivity index (χ1n) is 9.71. The Hall–Kier alpha value is -2.48. The summed E-state index contributed by atoms with van der Waals surface area (Å²) < 4.78 is 31.7. The number of aliphatic carboxylic acids is 1. The quantitative estimate of drug-likeness (QED) is 0.475. The van der Waals surface area contributed by atoms with Crippen LogP contribution in [0.15, 0.2) is 22.3 Å². The number of fused-ring (bicyclic) bond motifs is 4. The van der Waals surface area contributed by atoms with Crippen molar-refractivity contribution >= 4 is 68.0 Å². The van der Waals surface area contributed by atoms with Crippen molar-refractivity contribution in [3.05, 3.63) is 32.9 Å². The van der Waals surface area contributed by atoms with Gasteiger partial charge in [0.1, 0.15) is 16.2 Å². The Morgan fingerprint density at radius 3 is 2.58 bits per heavy atom. The highest BCUT2D eigenvalue weighted by atomic mass is 35.5. The summed E-state index contributed by atoms with van der Waals surface area (Å²) in [6.07, 6.45) is -0.869. The summed E-state index contributed by atoms with van der Waals surface area (Å²) in [5.74, 6) is -2.10. The van der Waals surface area contributed by atoms with Crippen LogP contribution in [-0.4, -0.2) is 58.3 Å². The van der Waals surface area contributed by atoms with Gasteiger partial charge in [-0.3, -0.25) is 4.79 Å². The molecule has 0 saturated carbocycles. The number of hydrogen-bond donors (Lipinski definition) is 3. The normalized spacial score (nSPS) is 19.8. The lowest BCUT2D eigenvalue weighted by molar-refractivity contribution is -0.192. The van der Waals surface area contributed by atoms with E-state index in [-0.39, 0.29) is 5.91 Å². The number of carbonyl (C=O) groups is 2. The van der Waals surface area contributed by atoms with Crippen LogP contribution in [0.5, 0.6) is 0 Å². The van der Waals surface area contributed by atoms with E-state index in [0.29, 0.717) is 33.9 Å². The number of alkyl halides is 3. The number of nitrogens with zero attached hydrogens (tertiary/aromatic N) is 3. The zero-order chi connectivity index (χ0) is 23.8. The maximum atomic E-state index is 12.7. The summed E-state index contributed by atoms with van der Waals surface area (Å²) >= 11 is 8.97. The Morgan fingerprint density at radius 2 is 2.03 bits per heavy atom. The average molecular weight is 520 g/mol. The number of carboxylic acid groups (broad SMARTS) is 1. The standard InChI is InChI=1S/C17H16ClN5OS2.C2HF3O2/c18-12-7-25-8-13(12)21-16(24)11-6-26-17-15(11)22-14(4-20-17)23-5-9-1-2-10(23)3-19-9;3-2(4,5)1(6)7/h4,6-10,19H,1-3,5H2,(H,21,24);(H,6,7)/t9-,10-;/m0./s1. The first kappa shape index (κ1) is 23.7. The van der Waals surface area contributed by atoms with Gasteiger partial charge < -0.3 is 20.6 Å². The molecule has 0 unspecified atom stereocenters. The van der Waals surface area contributed by atoms with Crippen molar-refractivity contribution in [2.75, 3.05) is 23.3 Å². The Labute approximate surface area is 198 Å². The summed E-state index contributed by atoms with van der Waals surface area (Å²) in [6.45, 7) is 1.93. The molecule has 14 heteroatoms. The third kappa shape index (κ3) is 5.21. The fourth-order valence-corrected chi connectivity index (χ4v) is 5.44. The Bertz CT molecular complexity index is 1180. The third-order valence-corrected chi connectivity index (χ3v) is 7.32. The number of hydrogen-bond acceptors (Lipinski definition) is 8. The first-order chi connectivity index (χ1) is 15.6. The lowest BCUT2D eigenvalue weighted by Gasteiger charge is -2.46. The largest absolute Gasteiger partial charge is 0.490 e. The molecule has 1 amide bonds. The van der Waals surface area contributed by atoms with Gasteiger partial charge >= 0.3 is 12.1 Å². The van der Waals surface area contributed by atoms with E-state index in [1.54, 1.807) is 5.38 Å². The predicted octanol–water partition coefficient (Wildman–Crippen LogP) is 4.23. The number of piperazine rings is 1. The van der Waals surface area contributed by atoms with E-state index in [2.05, 4.69) is 20.5 Å². The first-order valence-corrected chi connectivity index (χ1v) is 11.9. The molecule has 6 rings (SSSR count). The number of carbonyl (C=O) groups excluding carboxylic acids is 1. The number of nitrogens with one attached hydrogen (secondary N) is 2. The fraction of sp³-hybridized carbons (Fsp3) is 0.368. The molecule has 3 aliphatic heterocycles. The molecule has 2 atom stereocenters. The third-order valence-electron chi connectivity index (χ3n) is 5.26. The highest BCUT2D eigenvalue weighted by Gasteiger charge is 2.38. The van der Waals surface area contributed by atoms with Crippen LogP contribution in [-0.2, 0) is 4.79 Å². The SMILES string of the molecule is O=C(Nc1cscc1Cl)c1csc2ncc(N3C[C@@H]4CC[C@H]3CN4)nc12.O=C(O)C(F)(F)F. The van der Waals surface area contributed by atoms with Crippen LogP contribution in [0.3, 0.4) is 0 Å². The highest BCUT2D eigenvalue weighted by Crippen LogP contribution is 2.31. The Kier molecular flexibility index (Phi) is 6.75. The van der Waals surface area contributed by atoms with Crippen molar-refractivity contribution in [3.8, 4) is 0 Å².